The number of benzene rings is 2. The van der Waals surface area contributed by atoms with E-state index < -0.39 is 5.79 Å². The maximum atomic E-state index is 10.6. The molecule has 0 bridgehead atoms. The Hall–Kier alpha value is -2.30. The maximum absolute atomic E-state index is 10.6. The van der Waals surface area contributed by atoms with Crippen molar-refractivity contribution in [1.29, 1.82) is 0 Å². The highest BCUT2D eigenvalue weighted by atomic mass is 16.8. The van der Waals surface area contributed by atoms with E-state index in [1.807, 2.05) is 61.5 Å². The molecule has 1 aliphatic rings. The van der Waals surface area contributed by atoms with Crippen molar-refractivity contribution in [3.05, 3.63) is 77.5 Å². The summed E-state index contributed by atoms with van der Waals surface area (Å²) in [7, 11) is 1.75. The van der Waals surface area contributed by atoms with E-state index in [-0.39, 0.29) is 0 Å². The average Bonchev–Trinajstić information content (AvgIpc) is 2.80. The molecule has 1 heterocycles. The van der Waals surface area contributed by atoms with Crippen molar-refractivity contribution in [3.63, 3.8) is 0 Å². The molecule has 114 valence electrons. The van der Waals surface area contributed by atoms with Crippen LogP contribution in [-0.2, 0) is 17.2 Å². The standard InChI is InChI=1S/C18H19NO3/c1-14-12-19(2)22-18(14,20)16-8-10-17(11-9-16)21-13-15-6-4-3-5-7-15/h3-12,20H,13H2,1-2H3. The fraction of sp³-hybridized carbons (Fsp3) is 0.222. The van der Waals surface area contributed by atoms with Crippen LogP contribution >= 0.6 is 0 Å². The molecule has 1 N–H and O–H groups in total. The fourth-order valence-electron chi connectivity index (χ4n) is 2.47. The third-order valence-corrected chi connectivity index (χ3v) is 3.68. The van der Waals surface area contributed by atoms with Gasteiger partial charge in [0.25, 0.3) is 0 Å². The van der Waals surface area contributed by atoms with E-state index in [0.29, 0.717) is 12.2 Å². The van der Waals surface area contributed by atoms with E-state index in [0.717, 1.165) is 16.9 Å². The molecule has 0 saturated heterocycles. The lowest BCUT2D eigenvalue weighted by Crippen LogP contribution is -2.29. The van der Waals surface area contributed by atoms with Gasteiger partial charge in [-0.2, -0.15) is 0 Å². The van der Waals surface area contributed by atoms with E-state index in [9.17, 15) is 5.11 Å². The van der Waals surface area contributed by atoms with E-state index in [1.165, 1.54) is 5.06 Å². The first-order valence-electron chi connectivity index (χ1n) is 7.18. The quantitative estimate of drug-likeness (QED) is 0.941. The number of ether oxygens (including phenoxy) is 1. The minimum Gasteiger partial charge on any atom is -0.489 e. The third-order valence-electron chi connectivity index (χ3n) is 3.68. The lowest BCUT2D eigenvalue weighted by atomic mass is 10.00. The van der Waals surface area contributed by atoms with Crippen LogP contribution in [0.4, 0.5) is 0 Å². The minimum absolute atomic E-state index is 0.516. The van der Waals surface area contributed by atoms with Gasteiger partial charge in [-0.3, -0.25) is 5.06 Å². The SMILES string of the molecule is CC1=CN(C)OC1(O)c1ccc(OCc2ccccc2)cc1. The number of hydrogen-bond donors (Lipinski definition) is 1. The normalized spacial score (nSPS) is 20.9. The van der Waals surface area contributed by atoms with Crippen molar-refractivity contribution >= 4 is 0 Å². The van der Waals surface area contributed by atoms with Crippen LogP contribution in [0.25, 0.3) is 0 Å². The van der Waals surface area contributed by atoms with Crippen LogP contribution in [-0.4, -0.2) is 17.2 Å². The maximum Gasteiger partial charge on any atom is 0.241 e. The Kier molecular flexibility index (Phi) is 3.88. The van der Waals surface area contributed by atoms with Gasteiger partial charge in [-0.1, -0.05) is 30.3 Å². The molecule has 0 radical (unpaired) electrons. The predicted molar refractivity (Wildman–Crippen MR) is 83.7 cm³/mol. The lowest BCUT2D eigenvalue weighted by Gasteiger charge is -2.25. The summed E-state index contributed by atoms with van der Waals surface area (Å²) < 4.78 is 5.74. The topological polar surface area (TPSA) is 41.9 Å². The van der Waals surface area contributed by atoms with Gasteiger partial charge in [0.2, 0.25) is 5.79 Å². The average molecular weight is 297 g/mol. The van der Waals surface area contributed by atoms with Gasteiger partial charge in [-0.05, 0) is 36.8 Å². The highest BCUT2D eigenvalue weighted by Gasteiger charge is 2.39. The Morgan fingerprint density at radius 3 is 2.36 bits per heavy atom. The first kappa shape index (κ1) is 14.6. The number of aliphatic hydroxyl groups is 1. The Bertz CT molecular complexity index is 666. The Labute approximate surface area is 130 Å². The molecule has 1 atom stereocenters. The molecule has 0 saturated carbocycles. The molecule has 22 heavy (non-hydrogen) atoms. The van der Waals surface area contributed by atoms with Gasteiger partial charge in [-0.15, -0.1) is 0 Å². The molecular formula is C18H19NO3. The fourth-order valence-corrected chi connectivity index (χ4v) is 2.47. The summed E-state index contributed by atoms with van der Waals surface area (Å²) in [6.45, 7) is 2.35. The number of nitrogens with zero attached hydrogens (tertiary/aromatic N) is 1. The first-order valence-corrected chi connectivity index (χ1v) is 7.18. The van der Waals surface area contributed by atoms with Gasteiger partial charge >= 0.3 is 0 Å². The van der Waals surface area contributed by atoms with E-state index in [4.69, 9.17) is 9.57 Å². The predicted octanol–water partition coefficient (Wildman–Crippen LogP) is 3.19. The van der Waals surface area contributed by atoms with E-state index in [1.54, 1.807) is 13.2 Å². The van der Waals surface area contributed by atoms with Crippen molar-refractivity contribution in [2.24, 2.45) is 0 Å². The molecule has 0 amide bonds. The van der Waals surface area contributed by atoms with Crippen LogP contribution in [0.15, 0.2) is 66.4 Å². The van der Waals surface area contributed by atoms with Crippen LogP contribution in [0.3, 0.4) is 0 Å². The zero-order valence-corrected chi connectivity index (χ0v) is 12.7. The van der Waals surface area contributed by atoms with Gasteiger partial charge in [0, 0.05) is 24.4 Å². The van der Waals surface area contributed by atoms with Crippen molar-refractivity contribution < 1.29 is 14.7 Å². The van der Waals surface area contributed by atoms with Crippen molar-refractivity contribution in [2.75, 3.05) is 7.05 Å². The van der Waals surface area contributed by atoms with Gasteiger partial charge in [0.05, 0.1) is 0 Å². The van der Waals surface area contributed by atoms with Gasteiger partial charge < -0.3 is 9.84 Å². The molecule has 1 aliphatic heterocycles. The van der Waals surface area contributed by atoms with Crippen molar-refractivity contribution in [1.82, 2.24) is 5.06 Å². The zero-order chi connectivity index (χ0) is 15.6. The van der Waals surface area contributed by atoms with Gasteiger partial charge in [0.1, 0.15) is 12.4 Å². The third kappa shape index (κ3) is 2.84. The molecule has 2 aromatic rings. The first-order chi connectivity index (χ1) is 10.6. The molecule has 0 aliphatic carbocycles. The highest BCUT2D eigenvalue weighted by Crippen LogP contribution is 2.36. The van der Waals surface area contributed by atoms with Crippen LogP contribution in [0.5, 0.6) is 5.75 Å². The summed E-state index contributed by atoms with van der Waals surface area (Å²) in [5.74, 6) is -0.642. The highest BCUT2D eigenvalue weighted by molar-refractivity contribution is 5.35. The smallest absolute Gasteiger partial charge is 0.241 e. The summed E-state index contributed by atoms with van der Waals surface area (Å²) in [5.41, 5.74) is 2.54. The second-order valence-electron chi connectivity index (χ2n) is 5.39. The summed E-state index contributed by atoms with van der Waals surface area (Å²) >= 11 is 0. The largest absolute Gasteiger partial charge is 0.489 e. The number of hydroxylamine groups is 2. The summed E-state index contributed by atoms with van der Waals surface area (Å²) in [6.07, 6.45) is 1.76. The second kappa shape index (κ2) is 5.83. The van der Waals surface area contributed by atoms with E-state index in [2.05, 4.69) is 0 Å². The van der Waals surface area contributed by atoms with Crippen LogP contribution in [0.1, 0.15) is 18.1 Å². The Morgan fingerprint density at radius 1 is 1.09 bits per heavy atom. The number of rotatable bonds is 4. The Morgan fingerprint density at radius 2 is 1.77 bits per heavy atom. The molecule has 3 rings (SSSR count). The van der Waals surface area contributed by atoms with Crippen molar-refractivity contribution in [3.8, 4) is 5.75 Å². The molecular weight excluding hydrogens is 278 g/mol. The number of hydrogen-bond acceptors (Lipinski definition) is 4. The molecule has 4 nitrogen and oxygen atoms in total. The molecule has 1 unspecified atom stereocenters. The zero-order valence-electron chi connectivity index (χ0n) is 12.7. The van der Waals surface area contributed by atoms with E-state index >= 15 is 0 Å². The molecule has 0 aromatic heterocycles. The molecule has 4 heteroatoms. The second-order valence-corrected chi connectivity index (χ2v) is 5.39. The van der Waals surface area contributed by atoms with Gasteiger partial charge in [0.15, 0.2) is 0 Å². The monoisotopic (exact) mass is 297 g/mol. The van der Waals surface area contributed by atoms with Crippen LogP contribution in [0, 0.1) is 0 Å². The Balaban J connectivity index is 1.70. The summed E-state index contributed by atoms with van der Waals surface area (Å²) in [4.78, 5) is 5.47. The summed E-state index contributed by atoms with van der Waals surface area (Å²) in [6, 6.07) is 17.3. The van der Waals surface area contributed by atoms with Crippen LogP contribution in [0.2, 0.25) is 0 Å². The van der Waals surface area contributed by atoms with Crippen LogP contribution < -0.4 is 4.74 Å². The molecule has 0 spiro atoms. The minimum atomic E-state index is -1.40. The van der Waals surface area contributed by atoms with Crippen molar-refractivity contribution in [2.45, 2.75) is 19.3 Å². The lowest BCUT2D eigenvalue weighted by molar-refractivity contribution is -0.271. The van der Waals surface area contributed by atoms with Gasteiger partial charge in [-0.25, -0.2) is 4.84 Å². The summed E-state index contributed by atoms with van der Waals surface area (Å²) in [5, 5.41) is 12.1. The molecule has 0 fully saturated rings. The molecule has 2 aromatic carbocycles.